The van der Waals surface area contributed by atoms with Gasteiger partial charge in [-0.15, -0.1) is 102 Å². The first-order valence-electron chi connectivity index (χ1n) is 41.0. The van der Waals surface area contributed by atoms with E-state index in [-0.39, 0.29) is 0 Å². The van der Waals surface area contributed by atoms with Crippen molar-refractivity contribution < 1.29 is 0 Å². The van der Waals surface area contributed by atoms with Crippen LogP contribution in [0.3, 0.4) is 0 Å². The molecule has 0 radical (unpaired) electrons. The number of nitrogens with one attached hydrogen (secondary N) is 6. The third-order valence-electron chi connectivity index (χ3n) is 22.7. The predicted molar refractivity (Wildman–Crippen MR) is 525 cm³/mol. The summed E-state index contributed by atoms with van der Waals surface area (Å²) in [6.07, 6.45) is 19.1. The number of benzene rings is 6. The lowest BCUT2D eigenvalue weighted by Crippen LogP contribution is -2.09. The number of para-hydroxylation sites is 3. The molecule has 12 heterocycles. The van der Waals surface area contributed by atoms with E-state index in [0.717, 1.165) is 34.8 Å². The lowest BCUT2D eigenvalue weighted by molar-refractivity contribution is 0.452. The van der Waals surface area contributed by atoms with Gasteiger partial charge in [0.1, 0.15) is 0 Å². The van der Waals surface area contributed by atoms with E-state index in [1.807, 2.05) is 102 Å². The third kappa shape index (κ3) is 17.2. The summed E-state index contributed by atoms with van der Waals surface area (Å²) in [6, 6.07) is 89.8. The molecule has 6 N–H and O–H groups in total. The van der Waals surface area contributed by atoms with Crippen LogP contribution in [0.2, 0.25) is 0 Å². The minimum absolute atomic E-state index is 0.772. The Morgan fingerprint density at radius 3 is 0.817 bits per heavy atom. The Morgan fingerprint density at radius 1 is 0.261 bits per heavy atom. The quantitative estimate of drug-likeness (QED) is 0.0190. The second-order valence-electron chi connectivity index (χ2n) is 30.4. The van der Waals surface area contributed by atoms with E-state index in [1.54, 1.807) is 0 Å². The van der Waals surface area contributed by atoms with E-state index in [9.17, 15) is 0 Å². The van der Waals surface area contributed by atoms with Crippen LogP contribution in [0.15, 0.2) is 249 Å². The smallest absolute Gasteiger partial charge is 0.0772 e. The molecule has 0 spiro atoms. The number of anilines is 9. The number of hydrogen-bond acceptors (Lipinski definition) is 16. The van der Waals surface area contributed by atoms with Gasteiger partial charge in [-0.2, -0.15) is 0 Å². The van der Waals surface area contributed by atoms with Gasteiger partial charge in [-0.25, -0.2) is 0 Å². The SMILES string of the molecule is CCCCC(CC)Cc1ccc(-c2ccc([SH]3Nc4cccc(-c5ccc(-c6ccc(N(c7ccc(-c8ccc(-c9cccc%10c9N[SH](c9ccc(-c%11ccc(CC(CC)CCCC)s%11)s9)N%10)s8)cc7)c7ccc(-c8ccc(-c9cccc%10c9N[SH](c9ccc(-c%11ccc(CC(CC)CCCC)s%11)s9)N%10)s8)cc7)cc6)s5)c4N3)s2)s1. The maximum atomic E-state index is 4.00. The van der Waals surface area contributed by atoms with Gasteiger partial charge >= 0.3 is 0 Å². The van der Waals surface area contributed by atoms with Crippen molar-refractivity contribution in [2.45, 2.75) is 150 Å². The van der Waals surface area contributed by atoms with E-state index in [0.29, 0.717) is 0 Å². The Hall–Kier alpha value is -7.73. The standard InChI is InChI=1S/C96H99N7S12/c1-7-13-19-61(10-4)58-70-40-43-85(104-70)88-52-55-91(110-88)113-97-76-25-16-22-73(94(76)100-113)82-49-46-79(107-82)64-28-34-67(35-29-64)103(68-36-30-65(31-37-68)80-47-50-83(108-80)74-23-17-26-77-95(74)101-114(98-77)92-56-53-89(111-92)86-44-41-71(105-86)59-62(11-5)20-14-8-2)69-38-32-66(33-39-69)81-48-51-84(109-81)75-24-18-27-78-96(75)102-115(99-78)93-57-54-90(112-93)87-45-42-72(106-87)60-63(12-6)21-15-9-3/h16-18,22-57,61-63,97-102,113-115H,7-15,19-21,58-60H2,1-6H3. The van der Waals surface area contributed by atoms with Crippen molar-refractivity contribution in [3.63, 3.8) is 0 Å². The first-order chi connectivity index (χ1) is 56.6. The number of unbranched alkanes of at least 4 members (excludes halogenated alkanes) is 3. The molecular formula is C96H99N7S12. The van der Waals surface area contributed by atoms with E-state index in [2.05, 4.69) is 311 Å². The molecule has 7 nitrogen and oxygen atoms in total. The monoisotopic (exact) mass is 1730 g/mol. The van der Waals surface area contributed by atoms with Crippen LogP contribution in [0, 0.1) is 17.8 Å². The number of hydrogen-bond donors (Lipinski definition) is 9. The summed E-state index contributed by atoms with van der Waals surface area (Å²) in [5.74, 6) is 2.32. The summed E-state index contributed by atoms with van der Waals surface area (Å²) < 4.78 is 27.8. The highest BCUT2D eigenvalue weighted by Gasteiger charge is 2.29. The van der Waals surface area contributed by atoms with Crippen molar-refractivity contribution in [2.24, 2.45) is 17.8 Å². The zero-order valence-corrected chi connectivity index (χ0v) is 75.9. The molecule has 0 aliphatic carbocycles. The highest BCUT2D eigenvalue weighted by atomic mass is 32.2. The Labute approximate surface area is 724 Å². The lowest BCUT2D eigenvalue weighted by Gasteiger charge is -2.26. The Bertz CT molecular complexity index is 5240. The van der Waals surface area contributed by atoms with Gasteiger partial charge in [0, 0.05) is 107 Å². The van der Waals surface area contributed by atoms with Gasteiger partial charge in [0.25, 0.3) is 0 Å². The fraction of sp³-hybridized carbons (Fsp3) is 0.250. The molecule has 6 aromatic carbocycles. The summed E-state index contributed by atoms with van der Waals surface area (Å²) in [5.41, 5.74) is 17.7. The Balaban J connectivity index is 0.584. The molecular weight excluding hydrogens is 1640 g/mol. The largest absolute Gasteiger partial charge is 0.328 e. The van der Waals surface area contributed by atoms with Gasteiger partial charge in [0.15, 0.2) is 0 Å². The minimum Gasteiger partial charge on any atom is -0.328 e. The van der Waals surface area contributed by atoms with Gasteiger partial charge < -0.3 is 33.2 Å². The van der Waals surface area contributed by atoms with Crippen LogP contribution in [0.5, 0.6) is 0 Å². The Morgan fingerprint density at radius 2 is 0.530 bits per heavy atom. The highest BCUT2D eigenvalue weighted by molar-refractivity contribution is 8.21. The molecule has 9 aromatic heterocycles. The van der Waals surface area contributed by atoms with Crippen LogP contribution < -0.4 is 33.2 Å². The molecule has 590 valence electrons. The second kappa shape index (κ2) is 35.8. The summed E-state index contributed by atoms with van der Waals surface area (Å²) in [7, 11) is 0. The van der Waals surface area contributed by atoms with E-state index < -0.39 is 33.8 Å². The molecule has 115 heavy (non-hydrogen) atoms. The average molecular weight is 1740 g/mol. The Kier molecular flexibility index (Phi) is 24.4. The molecule has 6 unspecified atom stereocenters. The van der Waals surface area contributed by atoms with Crippen LogP contribution >= 0.6 is 136 Å². The number of thiol groups is 3. The van der Waals surface area contributed by atoms with Crippen LogP contribution in [0.4, 0.5) is 51.2 Å². The molecule has 15 aromatic rings. The van der Waals surface area contributed by atoms with E-state index >= 15 is 0 Å². The van der Waals surface area contributed by atoms with Crippen LogP contribution in [-0.4, -0.2) is 0 Å². The molecule has 3 aliphatic rings. The maximum absolute atomic E-state index is 4.00. The van der Waals surface area contributed by atoms with Crippen molar-refractivity contribution in [2.75, 3.05) is 33.2 Å². The summed E-state index contributed by atoms with van der Waals surface area (Å²) in [6.45, 7) is 14.0. The van der Waals surface area contributed by atoms with E-state index in [1.165, 1.54) is 250 Å². The van der Waals surface area contributed by atoms with Crippen molar-refractivity contribution in [3.8, 4) is 91.9 Å². The predicted octanol–water partition coefficient (Wildman–Crippen LogP) is 34.2. The average Bonchev–Trinajstić information content (AvgIpc) is 1.64. The zero-order chi connectivity index (χ0) is 77.9. The fourth-order valence-electron chi connectivity index (χ4n) is 16.0. The minimum atomic E-state index is -0.803. The van der Waals surface area contributed by atoms with Crippen LogP contribution in [0.25, 0.3) is 91.9 Å². The number of fused-ring (bicyclic) bond motifs is 3. The van der Waals surface area contributed by atoms with Gasteiger partial charge in [-0.1, -0.05) is 225 Å². The first kappa shape index (κ1) is 78.4. The molecule has 0 bridgehead atoms. The number of thiophene rings is 9. The summed E-state index contributed by atoms with van der Waals surface area (Å²) in [4.78, 5) is 22.7. The van der Waals surface area contributed by atoms with Crippen molar-refractivity contribution in [1.82, 2.24) is 0 Å². The van der Waals surface area contributed by atoms with Gasteiger partial charge in [-0.05, 0) is 217 Å². The van der Waals surface area contributed by atoms with Gasteiger partial charge in [0.05, 0.1) is 46.8 Å². The topological polar surface area (TPSA) is 75.4 Å². The van der Waals surface area contributed by atoms with Crippen LogP contribution in [0.1, 0.15) is 133 Å². The second-order valence-corrected chi connectivity index (χ2v) is 46.1. The van der Waals surface area contributed by atoms with Crippen LogP contribution in [-0.2, 0) is 19.3 Å². The third-order valence-corrected chi connectivity index (χ3v) is 39.7. The molecule has 18 rings (SSSR count). The molecule has 0 fully saturated rings. The number of rotatable bonds is 33. The fourth-order valence-corrected chi connectivity index (χ4v) is 32.0. The highest BCUT2D eigenvalue weighted by Crippen LogP contribution is 2.59. The van der Waals surface area contributed by atoms with Crippen molar-refractivity contribution >= 4 is 187 Å². The van der Waals surface area contributed by atoms with Crippen molar-refractivity contribution in [3.05, 3.63) is 251 Å². The maximum Gasteiger partial charge on any atom is 0.0772 e. The molecule has 0 saturated heterocycles. The molecule has 3 aliphatic heterocycles. The lowest BCUT2D eigenvalue weighted by atomic mass is 9.95. The van der Waals surface area contributed by atoms with Crippen molar-refractivity contribution in [1.29, 1.82) is 0 Å². The first-order valence-corrected chi connectivity index (χ1v) is 52.4. The van der Waals surface area contributed by atoms with Gasteiger partial charge in [0.2, 0.25) is 0 Å². The normalized spacial score (nSPS) is 16.4. The molecule has 6 atom stereocenters. The number of nitrogens with zero attached hydrogens (tertiary/aromatic N) is 1. The molecule has 0 saturated carbocycles. The van der Waals surface area contributed by atoms with Gasteiger partial charge in [-0.3, -0.25) is 0 Å². The van der Waals surface area contributed by atoms with E-state index in [4.69, 9.17) is 0 Å². The summed E-state index contributed by atoms with van der Waals surface area (Å²) in [5, 5.41) is 0. The summed E-state index contributed by atoms with van der Waals surface area (Å²) >= 11 is 14.9. The molecule has 19 heteroatoms. The molecule has 0 amide bonds. The zero-order valence-electron chi connectivity index (χ0n) is 65.8.